The lowest BCUT2D eigenvalue weighted by Crippen LogP contribution is -2.22. The summed E-state index contributed by atoms with van der Waals surface area (Å²) < 4.78 is 28.6. The number of ether oxygens (including phenoxy) is 1. The van der Waals surface area contributed by atoms with E-state index in [0.717, 1.165) is 17.5 Å². The molecule has 1 aliphatic carbocycles. The van der Waals surface area contributed by atoms with E-state index in [-0.39, 0.29) is 40.6 Å². The molecule has 166 valence electrons. The number of carbonyl (C=O) groups excluding carboxylic acids is 2. The smallest absolute Gasteiger partial charge is 0.343 e. The van der Waals surface area contributed by atoms with Gasteiger partial charge in [0.1, 0.15) is 0 Å². The van der Waals surface area contributed by atoms with Gasteiger partial charge in [0.05, 0.1) is 24.0 Å². The SMILES string of the molecule is [2H]C([2H])([2H])NC(=O)c1nnc(NC(=O)C2CC2)cc1Nc1cccc(-c2nn(C)c(=O)[nH]2)c1OC. The van der Waals surface area contributed by atoms with Crippen LogP contribution in [0.3, 0.4) is 0 Å². The van der Waals surface area contributed by atoms with Crippen molar-refractivity contribution in [3.05, 3.63) is 40.4 Å². The van der Waals surface area contributed by atoms with Crippen LogP contribution in [0.5, 0.6) is 5.75 Å². The number of aryl methyl sites for hydroxylation is 1. The monoisotopic (exact) mass is 441 g/mol. The van der Waals surface area contributed by atoms with Crippen LogP contribution in [0.25, 0.3) is 11.4 Å². The molecule has 32 heavy (non-hydrogen) atoms. The molecule has 2 aromatic heterocycles. The minimum atomic E-state index is -2.75. The molecule has 0 atom stereocenters. The van der Waals surface area contributed by atoms with Crippen molar-refractivity contribution in [2.24, 2.45) is 13.0 Å². The van der Waals surface area contributed by atoms with Crippen molar-refractivity contribution >= 4 is 29.0 Å². The number of methoxy groups -OCH3 is 1. The highest BCUT2D eigenvalue weighted by molar-refractivity contribution is 6.00. The number of amides is 2. The van der Waals surface area contributed by atoms with Gasteiger partial charge in [-0.1, -0.05) is 6.07 Å². The summed E-state index contributed by atoms with van der Waals surface area (Å²) in [5.74, 6) is -0.691. The first-order valence-electron chi connectivity index (χ1n) is 11.1. The van der Waals surface area contributed by atoms with Gasteiger partial charge in [0.2, 0.25) is 5.91 Å². The number of nitrogens with zero attached hydrogens (tertiary/aromatic N) is 4. The van der Waals surface area contributed by atoms with Gasteiger partial charge in [0, 0.05) is 30.1 Å². The van der Waals surface area contributed by atoms with E-state index < -0.39 is 18.6 Å². The van der Waals surface area contributed by atoms with E-state index in [1.807, 2.05) is 5.32 Å². The second-order valence-electron chi connectivity index (χ2n) is 7.12. The van der Waals surface area contributed by atoms with Gasteiger partial charge in [-0.3, -0.25) is 14.6 Å². The van der Waals surface area contributed by atoms with Crippen LogP contribution in [0.1, 0.15) is 27.4 Å². The molecule has 2 amide bonds. The molecule has 0 unspecified atom stereocenters. The summed E-state index contributed by atoms with van der Waals surface area (Å²) in [6.07, 6.45) is 1.56. The summed E-state index contributed by atoms with van der Waals surface area (Å²) >= 11 is 0. The molecule has 1 aromatic carbocycles. The van der Waals surface area contributed by atoms with E-state index in [9.17, 15) is 14.4 Å². The lowest BCUT2D eigenvalue weighted by Gasteiger charge is -2.16. The molecule has 2 heterocycles. The lowest BCUT2D eigenvalue weighted by atomic mass is 10.1. The molecule has 0 spiro atoms. The Morgan fingerprint density at radius 1 is 1.28 bits per heavy atom. The molecule has 0 radical (unpaired) electrons. The maximum Gasteiger partial charge on any atom is 0.343 e. The Morgan fingerprint density at radius 2 is 2.09 bits per heavy atom. The molecule has 4 N–H and O–H groups in total. The fourth-order valence-electron chi connectivity index (χ4n) is 3.06. The van der Waals surface area contributed by atoms with E-state index >= 15 is 0 Å². The number of aromatic amines is 1. The summed E-state index contributed by atoms with van der Waals surface area (Å²) in [5, 5.41) is 19.3. The fraction of sp³-hybridized carbons (Fsp3) is 0.300. The molecule has 1 saturated carbocycles. The number of H-pyrrole nitrogens is 1. The summed E-state index contributed by atoms with van der Waals surface area (Å²) in [4.78, 5) is 39.3. The molecule has 4 rings (SSSR count). The number of para-hydroxylation sites is 1. The van der Waals surface area contributed by atoms with Gasteiger partial charge in [-0.25, -0.2) is 9.48 Å². The second kappa shape index (κ2) is 8.49. The molecule has 3 aromatic rings. The van der Waals surface area contributed by atoms with Crippen LogP contribution < -0.4 is 26.4 Å². The summed E-state index contributed by atoms with van der Waals surface area (Å²) in [6.45, 7) is -2.75. The minimum Gasteiger partial charge on any atom is -0.494 e. The van der Waals surface area contributed by atoms with Crippen LogP contribution in [0.15, 0.2) is 29.1 Å². The largest absolute Gasteiger partial charge is 0.494 e. The number of anilines is 3. The maximum absolute atomic E-state index is 12.6. The number of carbonyl (C=O) groups is 2. The zero-order valence-electron chi connectivity index (χ0n) is 20.2. The zero-order valence-corrected chi connectivity index (χ0v) is 17.2. The van der Waals surface area contributed by atoms with Crippen molar-refractivity contribution in [3.8, 4) is 17.1 Å². The standard InChI is InChI=1S/C20H22N8O4/c1-21-19(30)15-13(9-14(25-26-15)23-18(29)10-7-8-10)22-12-6-4-5-11(16(12)32-3)17-24-20(31)28(2)27-17/h4-6,9-10H,7-8H2,1-3H3,(H,21,30)(H,24,27,31)(H2,22,23,25,29)/i1D3. The Kier molecular flexibility index (Phi) is 4.63. The van der Waals surface area contributed by atoms with Crippen LogP contribution in [-0.4, -0.2) is 50.9 Å². The highest BCUT2D eigenvalue weighted by atomic mass is 16.5. The Balaban J connectivity index is 1.74. The van der Waals surface area contributed by atoms with E-state index in [0.29, 0.717) is 11.3 Å². The van der Waals surface area contributed by atoms with Gasteiger partial charge in [0.15, 0.2) is 23.1 Å². The van der Waals surface area contributed by atoms with Crippen molar-refractivity contribution in [1.29, 1.82) is 0 Å². The molecular formula is C20H22N8O4. The predicted molar refractivity (Wildman–Crippen MR) is 116 cm³/mol. The topological polar surface area (TPSA) is 156 Å². The van der Waals surface area contributed by atoms with E-state index in [1.165, 1.54) is 20.2 Å². The number of hydrogen-bond donors (Lipinski definition) is 4. The summed E-state index contributed by atoms with van der Waals surface area (Å²) in [5.41, 5.74) is 0.139. The van der Waals surface area contributed by atoms with Crippen molar-refractivity contribution in [2.45, 2.75) is 12.8 Å². The molecule has 0 saturated heterocycles. The zero-order chi connectivity index (χ0) is 25.3. The van der Waals surface area contributed by atoms with Gasteiger partial charge in [-0.2, -0.15) is 0 Å². The van der Waals surface area contributed by atoms with Crippen LogP contribution in [0, 0.1) is 5.92 Å². The normalized spacial score (nSPS) is 14.6. The quantitative estimate of drug-likeness (QED) is 0.423. The average Bonchev–Trinajstić information content (AvgIpc) is 3.58. The number of aromatic nitrogens is 5. The van der Waals surface area contributed by atoms with Gasteiger partial charge >= 0.3 is 5.69 Å². The Bertz CT molecular complexity index is 1350. The number of rotatable bonds is 7. The number of benzene rings is 1. The van der Waals surface area contributed by atoms with Crippen LogP contribution in [0.2, 0.25) is 0 Å². The highest BCUT2D eigenvalue weighted by Gasteiger charge is 2.30. The predicted octanol–water partition coefficient (Wildman–Crippen LogP) is 1.03. The van der Waals surface area contributed by atoms with Crippen LogP contribution >= 0.6 is 0 Å². The third-order valence-corrected chi connectivity index (χ3v) is 4.83. The van der Waals surface area contributed by atoms with Crippen molar-refractivity contribution in [3.63, 3.8) is 0 Å². The number of nitrogens with one attached hydrogen (secondary N) is 4. The maximum atomic E-state index is 12.6. The van der Waals surface area contributed by atoms with E-state index in [1.54, 1.807) is 18.2 Å². The lowest BCUT2D eigenvalue weighted by molar-refractivity contribution is -0.117. The molecule has 12 heteroatoms. The van der Waals surface area contributed by atoms with Crippen molar-refractivity contribution in [2.75, 3.05) is 24.7 Å². The van der Waals surface area contributed by atoms with Gasteiger partial charge in [0.25, 0.3) is 5.91 Å². The van der Waals surface area contributed by atoms with E-state index in [2.05, 4.69) is 30.9 Å². The van der Waals surface area contributed by atoms with Gasteiger partial charge in [-0.15, -0.1) is 15.3 Å². The van der Waals surface area contributed by atoms with Crippen molar-refractivity contribution < 1.29 is 18.4 Å². The fourth-order valence-corrected chi connectivity index (χ4v) is 3.06. The van der Waals surface area contributed by atoms with Gasteiger partial charge < -0.3 is 20.7 Å². The molecule has 0 bridgehead atoms. The minimum absolute atomic E-state index is 0.0674. The Labute approximate surface area is 186 Å². The Morgan fingerprint density at radius 3 is 2.75 bits per heavy atom. The first kappa shape index (κ1) is 17.5. The first-order valence-corrected chi connectivity index (χ1v) is 9.64. The molecule has 1 fully saturated rings. The number of hydrogen-bond acceptors (Lipinski definition) is 8. The highest BCUT2D eigenvalue weighted by Crippen LogP contribution is 2.37. The molecule has 1 aliphatic rings. The average molecular weight is 441 g/mol. The van der Waals surface area contributed by atoms with Crippen LogP contribution in [-0.2, 0) is 11.8 Å². The first-order chi connectivity index (χ1) is 16.6. The van der Waals surface area contributed by atoms with Crippen molar-refractivity contribution in [1.82, 2.24) is 30.3 Å². The Hall–Kier alpha value is -4.22. The second-order valence-corrected chi connectivity index (χ2v) is 7.12. The molecular weight excluding hydrogens is 416 g/mol. The van der Waals surface area contributed by atoms with Gasteiger partial charge in [-0.05, 0) is 25.0 Å². The summed E-state index contributed by atoms with van der Waals surface area (Å²) in [6, 6.07) is 6.35. The third-order valence-electron chi connectivity index (χ3n) is 4.83. The molecule has 0 aliphatic heterocycles. The molecule has 12 nitrogen and oxygen atoms in total. The van der Waals surface area contributed by atoms with Crippen LogP contribution in [0.4, 0.5) is 17.2 Å². The summed E-state index contributed by atoms with van der Waals surface area (Å²) in [7, 11) is 2.91. The van der Waals surface area contributed by atoms with E-state index in [4.69, 9.17) is 8.85 Å². The third kappa shape index (κ3) is 4.15.